The zero-order valence-corrected chi connectivity index (χ0v) is 13.0. The van der Waals surface area contributed by atoms with Gasteiger partial charge in [0.05, 0.1) is 6.61 Å². The summed E-state index contributed by atoms with van der Waals surface area (Å²) in [6, 6.07) is 1.38. The summed E-state index contributed by atoms with van der Waals surface area (Å²) in [4.78, 5) is 2.56. The molecule has 108 valence electrons. The number of methoxy groups -OCH3 is 1. The van der Waals surface area contributed by atoms with E-state index in [1.165, 1.54) is 25.7 Å². The Morgan fingerprint density at radius 3 is 2.50 bits per heavy atom. The zero-order valence-electron chi connectivity index (χ0n) is 13.0. The fourth-order valence-corrected chi connectivity index (χ4v) is 2.78. The summed E-state index contributed by atoms with van der Waals surface area (Å²) in [5.41, 5.74) is 0.567. The summed E-state index contributed by atoms with van der Waals surface area (Å²) in [6.07, 6.45) is 5.44. The maximum absolute atomic E-state index is 5.05. The maximum atomic E-state index is 5.05. The van der Waals surface area contributed by atoms with Crippen LogP contribution in [0.15, 0.2) is 0 Å². The quantitative estimate of drug-likeness (QED) is 0.708. The van der Waals surface area contributed by atoms with Crippen molar-refractivity contribution in [3.05, 3.63) is 0 Å². The van der Waals surface area contributed by atoms with Gasteiger partial charge < -0.3 is 10.1 Å². The monoisotopic (exact) mass is 256 g/mol. The average Bonchev–Trinajstić information content (AvgIpc) is 2.33. The third-order valence-corrected chi connectivity index (χ3v) is 4.50. The molecule has 1 saturated carbocycles. The van der Waals surface area contributed by atoms with Gasteiger partial charge in [-0.15, -0.1) is 0 Å². The van der Waals surface area contributed by atoms with Gasteiger partial charge in [0, 0.05) is 32.3 Å². The molecule has 1 N–H and O–H groups in total. The van der Waals surface area contributed by atoms with Gasteiger partial charge in [-0.1, -0.05) is 13.8 Å². The molecule has 0 aromatic rings. The van der Waals surface area contributed by atoms with Crippen molar-refractivity contribution in [3.63, 3.8) is 0 Å². The number of ether oxygens (including phenoxy) is 1. The van der Waals surface area contributed by atoms with Crippen molar-refractivity contribution >= 4 is 0 Å². The van der Waals surface area contributed by atoms with Crippen LogP contribution in [0.3, 0.4) is 0 Å². The van der Waals surface area contributed by atoms with Gasteiger partial charge in [-0.3, -0.25) is 4.90 Å². The Bertz CT molecular complexity index is 221. The molecule has 0 amide bonds. The highest BCUT2D eigenvalue weighted by molar-refractivity contribution is 4.84. The van der Waals surface area contributed by atoms with Crippen LogP contribution in [0.4, 0.5) is 0 Å². The predicted octanol–water partition coefficient (Wildman–Crippen LogP) is 2.51. The third kappa shape index (κ3) is 5.25. The molecule has 3 nitrogen and oxygen atoms in total. The Labute approximate surface area is 113 Å². The van der Waals surface area contributed by atoms with Crippen LogP contribution in [-0.4, -0.2) is 50.8 Å². The van der Waals surface area contributed by atoms with E-state index >= 15 is 0 Å². The average molecular weight is 256 g/mol. The smallest absolute Gasteiger partial charge is 0.0587 e. The van der Waals surface area contributed by atoms with Gasteiger partial charge >= 0.3 is 0 Å². The highest BCUT2D eigenvalue weighted by atomic mass is 16.5. The molecule has 0 aromatic heterocycles. The van der Waals surface area contributed by atoms with Crippen molar-refractivity contribution in [2.24, 2.45) is 5.41 Å². The minimum atomic E-state index is 0.567. The molecule has 0 saturated heterocycles. The summed E-state index contributed by atoms with van der Waals surface area (Å²) in [6.45, 7) is 9.93. The molecule has 0 aromatic carbocycles. The van der Waals surface area contributed by atoms with Crippen molar-refractivity contribution < 1.29 is 4.74 Å². The fraction of sp³-hybridized carbons (Fsp3) is 1.00. The second kappa shape index (κ2) is 7.46. The first-order chi connectivity index (χ1) is 8.46. The highest BCUT2D eigenvalue weighted by Gasteiger charge is 2.30. The van der Waals surface area contributed by atoms with E-state index < -0.39 is 0 Å². The van der Waals surface area contributed by atoms with E-state index in [9.17, 15) is 0 Å². The van der Waals surface area contributed by atoms with Crippen LogP contribution in [0.25, 0.3) is 0 Å². The van der Waals surface area contributed by atoms with Crippen LogP contribution >= 0.6 is 0 Å². The summed E-state index contributed by atoms with van der Waals surface area (Å²) in [5.74, 6) is 0. The van der Waals surface area contributed by atoms with E-state index in [-0.39, 0.29) is 0 Å². The molecule has 0 radical (unpaired) electrons. The van der Waals surface area contributed by atoms with Crippen LogP contribution in [0, 0.1) is 5.41 Å². The van der Waals surface area contributed by atoms with E-state index in [1.54, 1.807) is 7.11 Å². The van der Waals surface area contributed by atoms with Crippen LogP contribution in [0.1, 0.15) is 46.5 Å². The topological polar surface area (TPSA) is 24.5 Å². The first-order valence-corrected chi connectivity index (χ1v) is 7.38. The Hall–Kier alpha value is -0.120. The van der Waals surface area contributed by atoms with Gasteiger partial charge in [0.15, 0.2) is 0 Å². The largest absolute Gasteiger partial charge is 0.383 e. The summed E-state index contributed by atoms with van der Waals surface area (Å²) in [7, 11) is 4.03. The van der Waals surface area contributed by atoms with Crippen molar-refractivity contribution in [3.8, 4) is 0 Å². The third-order valence-electron chi connectivity index (χ3n) is 4.50. The minimum absolute atomic E-state index is 0.567. The molecule has 1 rings (SSSR count). The maximum Gasteiger partial charge on any atom is 0.0587 e. The fourth-order valence-electron chi connectivity index (χ4n) is 2.78. The first kappa shape index (κ1) is 15.9. The minimum Gasteiger partial charge on any atom is -0.383 e. The second-order valence-corrected chi connectivity index (χ2v) is 6.61. The number of rotatable bonds is 7. The van der Waals surface area contributed by atoms with Crippen LogP contribution < -0.4 is 5.32 Å². The van der Waals surface area contributed by atoms with E-state index in [4.69, 9.17) is 4.74 Å². The lowest BCUT2D eigenvalue weighted by Gasteiger charge is -2.41. The van der Waals surface area contributed by atoms with Gasteiger partial charge in [-0.2, -0.15) is 0 Å². The molecule has 1 aliphatic rings. The molecule has 1 unspecified atom stereocenters. The second-order valence-electron chi connectivity index (χ2n) is 6.61. The van der Waals surface area contributed by atoms with Gasteiger partial charge in [0.2, 0.25) is 0 Å². The Kier molecular flexibility index (Phi) is 6.61. The van der Waals surface area contributed by atoms with Crippen LogP contribution in [0.5, 0.6) is 0 Å². The van der Waals surface area contributed by atoms with E-state index in [2.05, 4.69) is 38.0 Å². The normalized spacial score (nSPS) is 22.3. The highest BCUT2D eigenvalue weighted by Crippen LogP contribution is 2.36. The first-order valence-electron chi connectivity index (χ1n) is 7.38. The molecule has 1 aliphatic carbocycles. The van der Waals surface area contributed by atoms with Gasteiger partial charge in [0.25, 0.3) is 0 Å². The molecule has 1 atom stereocenters. The van der Waals surface area contributed by atoms with Crippen molar-refractivity contribution in [1.29, 1.82) is 0 Å². The predicted molar refractivity (Wildman–Crippen MR) is 78.0 cm³/mol. The van der Waals surface area contributed by atoms with Gasteiger partial charge in [-0.25, -0.2) is 0 Å². The molecule has 0 heterocycles. The lowest BCUT2D eigenvalue weighted by molar-refractivity contribution is 0.0985. The van der Waals surface area contributed by atoms with Gasteiger partial charge in [-0.05, 0) is 45.1 Å². The van der Waals surface area contributed by atoms with E-state index in [0.29, 0.717) is 11.5 Å². The molecular weight excluding hydrogens is 224 g/mol. The lowest BCUT2D eigenvalue weighted by atomic mass is 9.75. The molecule has 3 heteroatoms. The van der Waals surface area contributed by atoms with E-state index in [1.807, 2.05) is 0 Å². The number of nitrogens with zero attached hydrogens (tertiary/aromatic N) is 1. The SMILES string of the molecule is COCCNCC(C)N(C)C1CCC(C)(C)CC1. The van der Waals surface area contributed by atoms with Crippen molar-refractivity contribution in [1.82, 2.24) is 10.2 Å². The Morgan fingerprint density at radius 1 is 1.33 bits per heavy atom. The van der Waals surface area contributed by atoms with Crippen LogP contribution in [0.2, 0.25) is 0 Å². The number of hydrogen-bond donors (Lipinski definition) is 1. The Morgan fingerprint density at radius 2 is 1.94 bits per heavy atom. The summed E-state index contributed by atoms with van der Waals surface area (Å²) in [5, 5.41) is 3.46. The lowest BCUT2D eigenvalue weighted by Crippen LogP contribution is -2.46. The van der Waals surface area contributed by atoms with Crippen molar-refractivity contribution in [2.45, 2.75) is 58.5 Å². The van der Waals surface area contributed by atoms with Crippen molar-refractivity contribution in [2.75, 3.05) is 33.9 Å². The molecule has 18 heavy (non-hydrogen) atoms. The molecule has 0 aliphatic heterocycles. The number of likely N-dealkylation sites (N-methyl/N-ethyl adjacent to an activating group) is 1. The standard InChI is InChI=1S/C15H32N2O/c1-13(12-16-10-11-18-5)17(4)14-6-8-15(2,3)9-7-14/h13-14,16H,6-12H2,1-5H3. The van der Waals surface area contributed by atoms with E-state index in [0.717, 1.165) is 25.7 Å². The summed E-state index contributed by atoms with van der Waals surface area (Å²) < 4.78 is 5.05. The zero-order chi connectivity index (χ0) is 13.6. The summed E-state index contributed by atoms with van der Waals surface area (Å²) >= 11 is 0. The molecule has 1 fully saturated rings. The van der Waals surface area contributed by atoms with Gasteiger partial charge in [0.1, 0.15) is 0 Å². The number of hydrogen-bond acceptors (Lipinski definition) is 3. The molecule has 0 spiro atoms. The van der Waals surface area contributed by atoms with Crippen LogP contribution in [-0.2, 0) is 4.74 Å². The Balaban J connectivity index is 2.24. The molecule has 0 bridgehead atoms. The number of nitrogens with one attached hydrogen (secondary N) is 1. The molecular formula is C15H32N2O.